The van der Waals surface area contributed by atoms with Crippen LogP contribution in [0.15, 0.2) is 12.2 Å². The van der Waals surface area contributed by atoms with E-state index in [0.29, 0.717) is 6.42 Å². The van der Waals surface area contributed by atoms with Crippen molar-refractivity contribution >= 4 is 19.8 Å². The summed E-state index contributed by atoms with van der Waals surface area (Å²) in [4.78, 5) is 34.8. The molecule has 0 fully saturated rings. The number of carbonyl (C=O) groups excluding carboxylic acids is 2. The summed E-state index contributed by atoms with van der Waals surface area (Å²) in [6.45, 7) is 3.74. The minimum atomic E-state index is -4.37. The summed E-state index contributed by atoms with van der Waals surface area (Å²) in [5.74, 6) is -0.825. The number of nitrogens with two attached hydrogens (primary N) is 1. The molecular weight excluding hydrogens is 677 g/mol. The summed E-state index contributed by atoms with van der Waals surface area (Å²) < 4.78 is 32.7. The molecule has 0 spiro atoms. The van der Waals surface area contributed by atoms with Gasteiger partial charge in [0, 0.05) is 19.4 Å². The highest BCUT2D eigenvalue weighted by atomic mass is 31.2. The van der Waals surface area contributed by atoms with E-state index in [9.17, 15) is 19.0 Å². The lowest BCUT2D eigenvalue weighted by Crippen LogP contribution is -2.29. The summed E-state index contributed by atoms with van der Waals surface area (Å²) in [5.41, 5.74) is 5.34. The molecule has 0 aliphatic rings. The van der Waals surface area contributed by atoms with E-state index in [0.717, 1.165) is 32.1 Å². The van der Waals surface area contributed by atoms with Gasteiger partial charge in [0.05, 0.1) is 13.2 Å². The highest BCUT2D eigenvalue weighted by Crippen LogP contribution is 2.43. The fraction of sp³-hybridized carbons (Fsp3) is 0.905. The molecule has 0 aliphatic carbocycles. The number of hydrogen-bond acceptors (Lipinski definition) is 8. The topological polar surface area (TPSA) is 134 Å². The molecule has 52 heavy (non-hydrogen) atoms. The molecule has 308 valence electrons. The maximum absolute atomic E-state index is 12.5. The first-order chi connectivity index (χ1) is 25.3. The molecule has 0 aromatic rings. The van der Waals surface area contributed by atoms with Gasteiger partial charge in [0.1, 0.15) is 6.61 Å². The Kier molecular flexibility index (Phi) is 38.5. The molecule has 0 aromatic carbocycles. The third-order valence-corrected chi connectivity index (χ3v) is 10.4. The van der Waals surface area contributed by atoms with Gasteiger partial charge in [0.25, 0.3) is 0 Å². The zero-order chi connectivity index (χ0) is 38.2. The second-order valence-corrected chi connectivity index (χ2v) is 16.0. The molecule has 0 amide bonds. The van der Waals surface area contributed by atoms with Crippen molar-refractivity contribution in [1.82, 2.24) is 0 Å². The minimum Gasteiger partial charge on any atom is -0.462 e. The average molecular weight is 760 g/mol. The Balaban J connectivity index is 4.09. The first-order valence-corrected chi connectivity index (χ1v) is 23.2. The number of unbranched alkanes of at least 4 members (excludes halogenated alkanes) is 26. The van der Waals surface area contributed by atoms with E-state index in [-0.39, 0.29) is 38.6 Å². The third-order valence-electron chi connectivity index (χ3n) is 9.40. The van der Waals surface area contributed by atoms with Gasteiger partial charge < -0.3 is 20.1 Å². The molecule has 9 nitrogen and oxygen atoms in total. The van der Waals surface area contributed by atoms with Crippen molar-refractivity contribution in [3.63, 3.8) is 0 Å². The van der Waals surface area contributed by atoms with Gasteiger partial charge in [0.15, 0.2) is 6.10 Å². The number of allylic oxidation sites excluding steroid dienone is 2. The van der Waals surface area contributed by atoms with Crippen molar-refractivity contribution in [3.05, 3.63) is 12.2 Å². The normalized spacial score (nSPS) is 13.4. The summed E-state index contributed by atoms with van der Waals surface area (Å²) in [6.07, 6.45) is 39.5. The second kappa shape index (κ2) is 39.4. The fourth-order valence-electron chi connectivity index (χ4n) is 6.16. The van der Waals surface area contributed by atoms with Gasteiger partial charge >= 0.3 is 19.8 Å². The van der Waals surface area contributed by atoms with Crippen molar-refractivity contribution in [1.29, 1.82) is 0 Å². The smallest absolute Gasteiger partial charge is 0.462 e. The van der Waals surface area contributed by atoms with E-state index in [1.54, 1.807) is 0 Å². The number of phosphoric ester groups is 1. The highest BCUT2D eigenvalue weighted by Gasteiger charge is 2.26. The van der Waals surface area contributed by atoms with Crippen LogP contribution in [0.3, 0.4) is 0 Å². The summed E-state index contributed by atoms with van der Waals surface area (Å²) in [7, 11) is -4.37. The summed E-state index contributed by atoms with van der Waals surface area (Å²) in [6, 6.07) is 0. The Morgan fingerprint density at radius 3 is 1.37 bits per heavy atom. The van der Waals surface area contributed by atoms with E-state index < -0.39 is 26.5 Å². The van der Waals surface area contributed by atoms with Crippen LogP contribution in [-0.2, 0) is 32.7 Å². The Bertz CT molecular complexity index is 871. The van der Waals surface area contributed by atoms with Crippen molar-refractivity contribution in [2.24, 2.45) is 5.73 Å². The van der Waals surface area contributed by atoms with Gasteiger partial charge in [-0.05, 0) is 38.5 Å². The standard InChI is InChI=1S/C42H82NO8P/c1-3-5-7-9-11-13-15-17-18-19-20-21-22-23-25-26-28-30-32-34-41(44)48-38-40(39-50-52(46,47)49-37-36-43)51-42(45)35-33-31-29-27-24-16-14-12-10-8-6-4-2/h19-20,40H,3-18,21-39,43H2,1-2H3,(H,46,47)/b20-19-/t40-/m1/s1. The molecule has 10 heteroatoms. The molecule has 0 radical (unpaired) electrons. The van der Waals surface area contributed by atoms with Gasteiger partial charge in [-0.2, -0.15) is 0 Å². The zero-order valence-corrected chi connectivity index (χ0v) is 34.7. The summed E-state index contributed by atoms with van der Waals surface area (Å²) in [5, 5.41) is 0. The first kappa shape index (κ1) is 50.8. The highest BCUT2D eigenvalue weighted by molar-refractivity contribution is 7.47. The van der Waals surface area contributed by atoms with Crippen LogP contribution in [0.1, 0.15) is 213 Å². The van der Waals surface area contributed by atoms with Crippen molar-refractivity contribution in [2.45, 2.75) is 219 Å². The van der Waals surface area contributed by atoms with Crippen LogP contribution in [0.5, 0.6) is 0 Å². The minimum absolute atomic E-state index is 0.0556. The van der Waals surface area contributed by atoms with Gasteiger partial charge in [-0.1, -0.05) is 174 Å². The number of carbonyl (C=O) groups is 2. The van der Waals surface area contributed by atoms with Crippen molar-refractivity contribution in [2.75, 3.05) is 26.4 Å². The molecule has 3 N–H and O–H groups in total. The predicted octanol–water partition coefficient (Wildman–Crippen LogP) is 12.2. The molecule has 0 aromatic heterocycles. The molecule has 0 aliphatic heterocycles. The quantitative estimate of drug-likeness (QED) is 0.0270. The lowest BCUT2D eigenvalue weighted by Gasteiger charge is -2.19. The van der Waals surface area contributed by atoms with E-state index in [2.05, 4.69) is 26.0 Å². The SMILES string of the molecule is CCCCCCCCCC/C=C\CCCCCCCCCC(=O)OC[C@H](COP(=O)(O)OCCN)OC(=O)CCCCCCCCCCCCCC. The van der Waals surface area contributed by atoms with Crippen molar-refractivity contribution < 1.29 is 37.6 Å². The lowest BCUT2D eigenvalue weighted by molar-refractivity contribution is -0.161. The molecule has 0 saturated heterocycles. The monoisotopic (exact) mass is 760 g/mol. The van der Waals surface area contributed by atoms with E-state index >= 15 is 0 Å². The number of rotatable bonds is 41. The second-order valence-electron chi connectivity index (χ2n) is 14.6. The molecule has 1 unspecified atom stereocenters. The van der Waals surface area contributed by atoms with Gasteiger partial charge in [-0.25, -0.2) is 4.57 Å². The summed E-state index contributed by atoms with van der Waals surface area (Å²) >= 11 is 0. The van der Waals surface area contributed by atoms with E-state index in [4.69, 9.17) is 24.3 Å². The van der Waals surface area contributed by atoms with Crippen LogP contribution in [0.25, 0.3) is 0 Å². The van der Waals surface area contributed by atoms with Crippen LogP contribution < -0.4 is 5.73 Å². The molecular formula is C42H82NO8P. The van der Waals surface area contributed by atoms with Crippen LogP contribution in [0.2, 0.25) is 0 Å². The number of esters is 2. The largest absolute Gasteiger partial charge is 0.472 e. The van der Waals surface area contributed by atoms with Crippen LogP contribution in [0.4, 0.5) is 0 Å². The Morgan fingerprint density at radius 1 is 0.558 bits per heavy atom. The Morgan fingerprint density at radius 2 is 0.942 bits per heavy atom. The molecule has 0 heterocycles. The van der Waals surface area contributed by atoms with Crippen LogP contribution in [0, 0.1) is 0 Å². The molecule has 2 atom stereocenters. The van der Waals surface area contributed by atoms with Gasteiger partial charge in [-0.15, -0.1) is 0 Å². The Hall–Kier alpha value is -1.25. The average Bonchev–Trinajstić information content (AvgIpc) is 3.13. The van der Waals surface area contributed by atoms with E-state index in [1.807, 2.05) is 0 Å². The first-order valence-electron chi connectivity index (χ1n) is 21.7. The molecule has 0 saturated carbocycles. The third kappa shape index (κ3) is 38.5. The number of phosphoric acid groups is 1. The predicted molar refractivity (Wildman–Crippen MR) is 215 cm³/mol. The van der Waals surface area contributed by atoms with Crippen LogP contribution >= 0.6 is 7.82 Å². The van der Waals surface area contributed by atoms with E-state index in [1.165, 1.54) is 148 Å². The van der Waals surface area contributed by atoms with Crippen LogP contribution in [-0.4, -0.2) is 49.3 Å². The Labute approximate surface area is 319 Å². The lowest BCUT2D eigenvalue weighted by atomic mass is 10.0. The fourth-order valence-corrected chi connectivity index (χ4v) is 6.92. The molecule has 0 bridgehead atoms. The van der Waals surface area contributed by atoms with Gasteiger partial charge in [0.2, 0.25) is 0 Å². The number of hydrogen-bond donors (Lipinski definition) is 2. The maximum Gasteiger partial charge on any atom is 0.472 e. The maximum atomic E-state index is 12.5. The van der Waals surface area contributed by atoms with Crippen molar-refractivity contribution in [3.8, 4) is 0 Å². The number of ether oxygens (including phenoxy) is 2. The zero-order valence-electron chi connectivity index (χ0n) is 33.8. The molecule has 0 rings (SSSR count). The van der Waals surface area contributed by atoms with Gasteiger partial charge in [-0.3, -0.25) is 18.6 Å².